The van der Waals surface area contributed by atoms with Crippen LogP contribution in [-0.4, -0.2) is 25.2 Å². The molecule has 2 rings (SSSR count). The van der Waals surface area contributed by atoms with E-state index in [4.69, 9.17) is 16.3 Å². The van der Waals surface area contributed by atoms with E-state index in [0.29, 0.717) is 24.3 Å². The standard InChI is InChI=1S/C15H17ClF3NO2/c1-22-13-7-6-9(16)8-10(13)14(21)20-12-5-3-2-4-11(12)15(17,18)19/h6-8,11-12H,2-5H2,1H3,(H,20,21)/t11-,12+/m1/s1. The maximum Gasteiger partial charge on any atom is 0.393 e. The van der Waals surface area contributed by atoms with Gasteiger partial charge in [0.25, 0.3) is 5.91 Å². The monoisotopic (exact) mass is 335 g/mol. The average molecular weight is 336 g/mol. The van der Waals surface area contributed by atoms with Crippen molar-refractivity contribution in [2.45, 2.75) is 37.9 Å². The predicted octanol–water partition coefficient (Wildman–Crippen LogP) is 4.20. The number of benzene rings is 1. The van der Waals surface area contributed by atoms with E-state index in [2.05, 4.69) is 5.32 Å². The van der Waals surface area contributed by atoms with Crippen LogP contribution in [0.3, 0.4) is 0 Å². The van der Waals surface area contributed by atoms with Gasteiger partial charge in [-0.15, -0.1) is 0 Å². The molecular weight excluding hydrogens is 319 g/mol. The van der Waals surface area contributed by atoms with E-state index in [9.17, 15) is 18.0 Å². The summed E-state index contributed by atoms with van der Waals surface area (Å²) in [6, 6.07) is 3.54. The van der Waals surface area contributed by atoms with Crippen LogP contribution in [0.2, 0.25) is 5.02 Å². The maximum absolute atomic E-state index is 13.1. The second kappa shape index (κ2) is 6.77. The highest BCUT2D eigenvalue weighted by Crippen LogP contribution is 2.38. The first kappa shape index (κ1) is 16.9. The molecule has 1 aliphatic rings. The quantitative estimate of drug-likeness (QED) is 0.899. The highest BCUT2D eigenvalue weighted by molar-refractivity contribution is 6.31. The van der Waals surface area contributed by atoms with Crippen LogP contribution in [0, 0.1) is 5.92 Å². The summed E-state index contributed by atoms with van der Waals surface area (Å²) >= 11 is 5.85. The zero-order chi connectivity index (χ0) is 16.3. The molecule has 0 saturated heterocycles. The number of carbonyl (C=O) groups excluding carboxylic acids is 1. The molecule has 0 spiro atoms. The molecule has 1 aromatic rings. The highest BCUT2D eigenvalue weighted by atomic mass is 35.5. The van der Waals surface area contributed by atoms with Gasteiger partial charge in [-0.3, -0.25) is 4.79 Å². The van der Waals surface area contributed by atoms with Gasteiger partial charge in [0.05, 0.1) is 18.6 Å². The Hall–Kier alpha value is -1.43. The predicted molar refractivity (Wildman–Crippen MR) is 77.3 cm³/mol. The minimum atomic E-state index is -4.31. The number of hydrogen-bond acceptors (Lipinski definition) is 2. The molecule has 22 heavy (non-hydrogen) atoms. The van der Waals surface area contributed by atoms with Gasteiger partial charge in [-0.1, -0.05) is 24.4 Å². The highest BCUT2D eigenvalue weighted by Gasteiger charge is 2.46. The Kier molecular flexibility index (Phi) is 5.21. The van der Waals surface area contributed by atoms with E-state index in [1.54, 1.807) is 6.07 Å². The van der Waals surface area contributed by atoms with Crippen LogP contribution in [0.5, 0.6) is 5.75 Å². The van der Waals surface area contributed by atoms with Gasteiger partial charge < -0.3 is 10.1 Å². The van der Waals surface area contributed by atoms with Crippen molar-refractivity contribution in [2.24, 2.45) is 5.92 Å². The molecule has 1 amide bonds. The number of hydrogen-bond donors (Lipinski definition) is 1. The summed E-state index contributed by atoms with van der Waals surface area (Å²) in [4.78, 5) is 12.3. The van der Waals surface area contributed by atoms with Crippen molar-refractivity contribution in [1.29, 1.82) is 0 Å². The molecule has 1 aliphatic carbocycles. The maximum atomic E-state index is 13.1. The molecule has 122 valence electrons. The van der Waals surface area contributed by atoms with Gasteiger partial charge >= 0.3 is 6.18 Å². The molecule has 3 nitrogen and oxygen atoms in total. The van der Waals surface area contributed by atoms with E-state index in [-0.39, 0.29) is 17.7 Å². The van der Waals surface area contributed by atoms with Gasteiger partial charge in [0.1, 0.15) is 5.75 Å². The number of carbonyl (C=O) groups is 1. The van der Waals surface area contributed by atoms with Crippen LogP contribution >= 0.6 is 11.6 Å². The van der Waals surface area contributed by atoms with E-state index < -0.39 is 24.0 Å². The molecule has 0 unspecified atom stereocenters. The number of methoxy groups -OCH3 is 1. The second-order valence-electron chi connectivity index (χ2n) is 5.36. The Morgan fingerprint density at radius 1 is 1.32 bits per heavy atom. The summed E-state index contributed by atoms with van der Waals surface area (Å²) < 4.78 is 44.2. The normalized spacial score (nSPS) is 22.2. The number of rotatable bonds is 3. The minimum absolute atomic E-state index is 0.0428. The van der Waals surface area contributed by atoms with E-state index in [1.165, 1.54) is 19.2 Å². The van der Waals surface area contributed by atoms with E-state index in [1.807, 2.05) is 0 Å². The van der Waals surface area contributed by atoms with E-state index in [0.717, 1.165) is 0 Å². The molecule has 0 aliphatic heterocycles. The number of alkyl halides is 3. The van der Waals surface area contributed by atoms with Crippen molar-refractivity contribution < 1.29 is 22.7 Å². The van der Waals surface area contributed by atoms with Crippen LogP contribution < -0.4 is 10.1 Å². The molecule has 7 heteroatoms. The van der Waals surface area contributed by atoms with Crippen molar-refractivity contribution in [3.8, 4) is 5.75 Å². The van der Waals surface area contributed by atoms with Gasteiger partial charge in [-0.05, 0) is 31.0 Å². The third-order valence-electron chi connectivity index (χ3n) is 3.91. The van der Waals surface area contributed by atoms with E-state index >= 15 is 0 Å². The molecule has 1 aromatic carbocycles. The van der Waals surface area contributed by atoms with Crippen LogP contribution in [0.1, 0.15) is 36.0 Å². The summed E-state index contributed by atoms with van der Waals surface area (Å²) in [7, 11) is 1.39. The van der Waals surface area contributed by atoms with Gasteiger partial charge in [-0.25, -0.2) is 0 Å². The van der Waals surface area contributed by atoms with Crippen molar-refractivity contribution in [2.75, 3.05) is 7.11 Å². The lowest BCUT2D eigenvalue weighted by molar-refractivity contribution is -0.187. The van der Waals surface area contributed by atoms with Gasteiger partial charge in [0.15, 0.2) is 0 Å². The summed E-state index contributed by atoms with van der Waals surface area (Å²) in [5.41, 5.74) is 0.140. The fraction of sp³-hybridized carbons (Fsp3) is 0.533. The van der Waals surface area contributed by atoms with Crippen LogP contribution in [-0.2, 0) is 0 Å². The van der Waals surface area contributed by atoms with Gasteiger partial charge in [-0.2, -0.15) is 13.2 Å². The third kappa shape index (κ3) is 3.85. The molecule has 1 saturated carbocycles. The Balaban J connectivity index is 2.18. The molecule has 1 fully saturated rings. The molecule has 0 heterocycles. The number of halogens is 4. The smallest absolute Gasteiger partial charge is 0.393 e. The molecular formula is C15H17ClF3NO2. The average Bonchev–Trinajstić information content (AvgIpc) is 2.46. The van der Waals surface area contributed by atoms with Gasteiger partial charge in [0, 0.05) is 11.1 Å². The Morgan fingerprint density at radius 2 is 2.00 bits per heavy atom. The summed E-state index contributed by atoms with van der Waals surface area (Å²) in [6.07, 6.45) is -2.75. The fourth-order valence-electron chi connectivity index (χ4n) is 2.80. The molecule has 1 N–H and O–H groups in total. The largest absolute Gasteiger partial charge is 0.496 e. The minimum Gasteiger partial charge on any atom is -0.496 e. The van der Waals surface area contributed by atoms with Crippen LogP contribution in [0.4, 0.5) is 13.2 Å². The Bertz CT molecular complexity index is 548. The molecule has 0 radical (unpaired) electrons. The first-order valence-electron chi connectivity index (χ1n) is 7.04. The first-order chi connectivity index (χ1) is 10.3. The van der Waals surface area contributed by atoms with Crippen molar-refractivity contribution in [1.82, 2.24) is 5.32 Å². The summed E-state index contributed by atoms with van der Waals surface area (Å²) in [5.74, 6) is -1.82. The summed E-state index contributed by atoms with van der Waals surface area (Å²) in [5, 5.41) is 2.82. The van der Waals surface area contributed by atoms with Crippen LogP contribution in [0.15, 0.2) is 18.2 Å². The number of amides is 1. The fourth-order valence-corrected chi connectivity index (χ4v) is 2.97. The number of ether oxygens (including phenoxy) is 1. The first-order valence-corrected chi connectivity index (χ1v) is 7.42. The molecule has 0 bridgehead atoms. The number of nitrogens with one attached hydrogen (secondary N) is 1. The topological polar surface area (TPSA) is 38.3 Å². The summed E-state index contributed by atoms with van der Waals surface area (Å²) in [6.45, 7) is 0. The lowest BCUT2D eigenvalue weighted by Gasteiger charge is -2.33. The Morgan fingerprint density at radius 3 is 2.64 bits per heavy atom. The lowest BCUT2D eigenvalue weighted by Crippen LogP contribution is -2.47. The van der Waals surface area contributed by atoms with Crippen molar-refractivity contribution in [3.05, 3.63) is 28.8 Å². The second-order valence-corrected chi connectivity index (χ2v) is 5.79. The molecule has 2 atom stereocenters. The zero-order valence-electron chi connectivity index (χ0n) is 12.0. The lowest BCUT2D eigenvalue weighted by atomic mass is 9.84. The van der Waals surface area contributed by atoms with Crippen molar-refractivity contribution >= 4 is 17.5 Å². The van der Waals surface area contributed by atoms with Crippen LogP contribution in [0.25, 0.3) is 0 Å². The zero-order valence-corrected chi connectivity index (χ0v) is 12.8. The van der Waals surface area contributed by atoms with Crippen molar-refractivity contribution in [3.63, 3.8) is 0 Å². The Labute approximate surface area is 131 Å². The SMILES string of the molecule is COc1ccc(Cl)cc1C(=O)N[C@H]1CCCC[C@H]1C(F)(F)F. The third-order valence-corrected chi connectivity index (χ3v) is 4.14. The molecule has 0 aromatic heterocycles. The van der Waals surface area contributed by atoms with Gasteiger partial charge in [0.2, 0.25) is 0 Å².